The normalized spacial score (nSPS) is 12.1. The van der Waals surface area contributed by atoms with Gasteiger partial charge in [0.1, 0.15) is 28.7 Å². The van der Waals surface area contributed by atoms with Crippen LogP contribution in [0, 0.1) is 20.8 Å². The summed E-state index contributed by atoms with van der Waals surface area (Å²) in [6, 6.07) is 26.9. The van der Waals surface area contributed by atoms with Crippen LogP contribution in [0.15, 0.2) is 88.3 Å². The third kappa shape index (κ3) is 11.9. The number of nitrogens with zero attached hydrogens (tertiary/aromatic N) is 4. The molecule has 11 nitrogen and oxygen atoms in total. The molecule has 0 saturated carbocycles. The Morgan fingerprint density at radius 2 is 1.56 bits per heavy atom. The molecule has 0 bridgehead atoms. The van der Waals surface area contributed by atoms with Gasteiger partial charge in [0.05, 0.1) is 45.4 Å². The second-order valence-electron chi connectivity index (χ2n) is 13.7. The van der Waals surface area contributed by atoms with Crippen molar-refractivity contribution in [1.29, 1.82) is 0 Å². The summed E-state index contributed by atoms with van der Waals surface area (Å²) in [5, 5.41) is 17.6. The number of hydrogen-bond donors (Lipinski definition) is 2. The molecular weight excluding hydrogens is 760 g/mol. The number of ether oxygens (including phenoxy) is 3. The Balaban J connectivity index is 0.000000206. The maximum absolute atomic E-state index is 10.7. The summed E-state index contributed by atoms with van der Waals surface area (Å²) in [5.41, 5.74) is 7.98. The zero-order chi connectivity index (χ0) is 40.0. The first kappa shape index (κ1) is 41.9. The monoisotopic (exact) mass is 810 g/mol. The fourth-order valence-electron chi connectivity index (χ4n) is 6.38. The number of hydrogen-bond acceptors (Lipinski definition) is 10. The SMILES string of the molecule is CC(=O)NCCOCCOCCOCCNCc1ccc2cc(CCc3ccccc3)oc2c1.Cc1sc2c(c1C)C(c1ccc(Cl)cc1)=NCc1nnc(C)n1-2. The van der Waals surface area contributed by atoms with Gasteiger partial charge in [-0.2, -0.15) is 0 Å². The fourth-order valence-corrected chi connectivity index (χ4v) is 7.74. The molecule has 13 heteroatoms. The van der Waals surface area contributed by atoms with Crippen molar-refractivity contribution in [3.63, 3.8) is 0 Å². The first-order valence-corrected chi connectivity index (χ1v) is 20.5. The van der Waals surface area contributed by atoms with Gasteiger partial charge in [0.2, 0.25) is 5.91 Å². The second-order valence-corrected chi connectivity index (χ2v) is 15.3. The van der Waals surface area contributed by atoms with Crippen molar-refractivity contribution in [3.8, 4) is 5.00 Å². The van der Waals surface area contributed by atoms with Crippen LogP contribution in [0.5, 0.6) is 0 Å². The van der Waals surface area contributed by atoms with E-state index in [0.717, 1.165) is 75.6 Å². The smallest absolute Gasteiger partial charge is 0.216 e. The van der Waals surface area contributed by atoms with Crippen LogP contribution in [0.4, 0.5) is 0 Å². The van der Waals surface area contributed by atoms with Crippen molar-refractivity contribution >= 4 is 45.5 Å². The van der Waals surface area contributed by atoms with Crippen LogP contribution in [0.2, 0.25) is 5.02 Å². The molecule has 0 spiro atoms. The molecular formula is C44H51ClN6O5S. The van der Waals surface area contributed by atoms with Gasteiger partial charge in [-0.05, 0) is 68.1 Å². The molecule has 0 fully saturated rings. The van der Waals surface area contributed by atoms with E-state index in [-0.39, 0.29) is 5.91 Å². The zero-order valence-electron chi connectivity index (χ0n) is 33.1. The quantitative estimate of drug-likeness (QED) is 0.0845. The highest BCUT2D eigenvalue weighted by molar-refractivity contribution is 7.15. The number of carbonyl (C=O) groups is 1. The Hall–Kier alpha value is -4.69. The van der Waals surface area contributed by atoms with Gasteiger partial charge >= 0.3 is 0 Å². The van der Waals surface area contributed by atoms with E-state index >= 15 is 0 Å². The Labute approximate surface area is 343 Å². The molecule has 6 aromatic rings. The predicted octanol–water partition coefficient (Wildman–Crippen LogP) is 7.75. The maximum Gasteiger partial charge on any atom is 0.216 e. The van der Waals surface area contributed by atoms with Crippen LogP contribution in [-0.2, 0) is 44.9 Å². The number of aliphatic imine (C=N–C) groups is 1. The topological polar surface area (TPSA) is 125 Å². The van der Waals surface area contributed by atoms with Gasteiger partial charge in [-0.3, -0.25) is 14.4 Å². The molecule has 1 amide bonds. The number of thiophene rings is 1. The van der Waals surface area contributed by atoms with Crippen molar-refractivity contribution in [3.05, 3.63) is 134 Å². The number of benzene rings is 3. The number of nitrogens with one attached hydrogen (secondary N) is 2. The Morgan fingerprint density at radius 1 is 0.842 bits per heavy atom. The van der Waals surface area contributed by atoms with Gasteiger partial charge in [0.25, 0.3) is 0 Å². The lowest BCUT2D eigenvalue weighted by Gasteiger charge is -2.09. The molecule has 300 valence electrons. The van der Waals surface area contributed by atoms with Crippen LogP contribution >= 0.6 is 22.9 Å². The van der Waals surface area contributed by atoms with Gasteiger partial charge in [-0.25, -0.2) is 0 Å². The maximum atomic E-state index is 10.7. The molecule has 0 atom stereocenters. The Kier molecular flexibility index (Phi) is 15.6. The molecule has 0 unspecified atom stereocenters. The van der Waals surface area contributed by atoms with Crippen LogP contribution in [0.25, 0.3) is 16.0 Å². The Bertz CT molecular complexity index is 2230. The summed E-state index contributed by atoms with van der Waals surface area (Å²) in [7, 11) is 0. The van der Waals surface area contributed by atoms with Crippen LogP contribution in [-0.4, -0.2) is 79.1 Å². The number of halogens is 1. The molecule has 0 saturated heterocycles. The van der Waals surface area contributed by atoms with E-state index in [4.69, 9.17) is 35.2 Å². The number of amides is 1. The van der Waals surface area contributed by atoms with Gasteiger partial charge < -0.3 is 29.3 Å². The standard InChI is InChI=1S/C27H36N2O5.C17H15ClN4S/c1-22(30)29-12-14-32-16-18-33-17-15-31-13-11-28-21-24-7-9-25-20-26(34-27(25)19-24)10-8-23-5-3-2-4-6-23;1-9-10(2)23-17-15(9)16(12-4-6-13(18)7-5-12)19-8-14-21-20-11(3)22(14)17/h2-7,9,19-20,28H,8,10-18,21H2,1H3,(H,29,30);4-7H,8H2,1-3H3. The minimum Gasteiger partial charge on any atom is -0.461 e. The lowest BCUT2D eigenvalue weighted by molar-refractivity contribution is -0.119. The van der Waals surface area contributed by atoms with Crippen LogP contribution < -0.4 is 10.6 Å². The Morgan fingerprint density at radius 3 is 2.30 bits per heavy atom. The number of fused-ring (bicyclic) bond motifs is 4. The number of aryl methyl sites for hydroxylation is 4. The van der Waals surface area contributed by atoms with Crippen molar-refractivity contribution in [2.75, 3.05) is 52.7 Å². The summed E-state index contributed by atoms with van der Waals surface area (Å²) in [4.78, 5) is 16.8. The van der Waals surface area contributed by atoms with Gasteiger partial charge in [0.15, 0.2) is 5.82 Å². The summed E-state index contributed by atoms with van der Waals surface area (Å²) in [5.74, 6) is 2.76. The van der Waals surface area contributed by atoms with E-state index in [1.165, 1.54) is 34.1 Å². The molecule has 4 heterocycles. The first-order valence-electron chi connectivity index (χ1n) is 19.3. The first-order chi connectivity index (χ1) is 27.8. The number of carbonyl (C=O) groups excluding carboxylic acids is 1. The highest BCUT2D eigenvalue weighted by Gasteiger charge is 2.26. The molecule has 2 N–H and O–H groups in total. The molecule has 7 rings (SSSR count). The summed E-state index contributed by atoms with van der Waals surface area (Å²) in [6.45, 7) is 13.6. The van der Waals surface area contributed by atoms with Crippen molar-refractivity contribution in [2.45, 2.75) is 53.6 Å². The molecule has 0 radical (unpaired) electrons. The van der Waals surface area contributed by atoms with Crippen molar-refractivity contribution in [2.24, 2.45) is 4.99 Å². The number of aromatic nitrogens is 3. The van der Waals surface area contributed by atoms with E-state index in [1.807, 2.05) is 37.3 Å². The lowest BCUT2D eigenvalue weighted by atomic mass is 10.00. The molecule has 57 heavy (non-hydrogen) atoms. The minimum absolute atomic E-state index is 0.0474. The lowest BCUT2D eigenvalue weighted by Crippen LogP contribution is -2.25. The van der Waals surface area contributed by atoms with Crippen LogP contribution in [0.1, 0.15) is 57.0 Å². The fraction of sp³-hybridized carbons (Fsp3) is 0.364. The van der Waals surface area contributed by atoms with Crippen molar-refractivity contribution < 1.29 is 23.4 Å². The molecule has 3 aromatic carbocycles. The number of furan rings is 1. The predicted molar refractivity (Wildman–Crippen MR) is 227 cm³/mol. The highest BCUT2D eigenvalue weighted by atomic mass is 35.5. The van der Waals surface area contributed by atoms with Gasteiger partial charge in [-0.15, -0.1) is 21.5 Å². The van der Waals surface area contributed by atoms with Gasteiger partial charge in [0, 0.05) is 59.4 Å². The third-order valence-corrected chi connectivity index (χ3v) is 10.9. The van der Waals surface area contributed by atoms with E-state index in [0.29, 0.717) is 52.7 Å². The largest absolute Gasteiger partial charge is 0.461 e. The highest BCUT2D eigenvalue weighted by Crippen LogP contribution is 2.36. The van der Waals surface area contributed by atoms with E-state index in [1.54, 1.807) is 11.3 Å². The van der Waals surface area contributed by atoms with E-state index in [9.17, 15) is 4.79 Å². The summed E-state index contributed by atoms with van der Waals surface area (Å²) >= 11 is 7.80. The number of rotatable bonds is 18. The molecule has 1 aliphatic heterocycles. The van der Waals surface area contributed by atoms with Crippen molar-refractivity contribution in [1.82, 2.24) is 25.4 Å². The second kappa shape index (κ2) is 21.2. The molecule has 3 aromatic heterocycles. The summed E-state index contributed by atoms with van der Waals surface area (Å²) in [6.07, 6.45) is 1.88. The minimum atomic E-state index is -0.0474. The average molecular weight is 811 g/mol. The third-order valence-electron chi connectivity index (χ3n) is 9.45. The van der Waals surface area contributed by atoms with E-state index < -0.39 is 0 Å². The van der Waals surface area contributed by atoms with Gasteiger partial charge in [-0.1, -0.05) is 66.2 Å². The van der Waals surface area contributed by atoms with Crippen LogP contribution in [0.3, 0.4) is 0 Å². The average Bonchev–Trinajstić information content (AvgIpc) is 3.85. The zero-order valence-corrected chi connectivity index (χ0v) is 34.7. The van der Waals surface area contributed by atoms with E-state index in [2.05, 4.69) is 87.8 Å². The molecule has 0 aliphatic carbocycles. The molecule has 1 aliphatic rings. The summed E-state index contributed by atoms with van der Waals surface area (Å²) < 4.78 is 24.6.